The molecule has 1 aliphatic carbocycles. The van der Waals surface area contributed by atoms with Crippen LogP contribution in [0.15, 0.2) is 12.1 Å². The van der Waals surface area contributed by atoms with Crippen LogP contribution in [0.3, 0.4) is 0 Å². The van der Waals surface area contributed by atoms with Gasteiger partial charge in [0.1, 0.15) is 11.3 Å². The Hall–Kier alpha value is -1.89. The number of amides is 1. The Kier molecular flexibility index (Phi) is 5.51. The lowest BCUT2D eigenvalue weighted by atomic mass is 9.90. The second-order valence-electron chi connectivity index (χ2n) is 9.68. The highest BCUT2D eigenvalue weighted by Gasteiger charge is 2.59. The van der Waals surface area contributed by atoms with Gasteiger partial charge in [0.25, 0.3) is 5.92 Å². The maximum Gasteiger partial charge on any atom is 0.410 e. The third-order valence-electron chi connectivity index (χ3n) is 6.06. The van der Waals surface area contributed by atoms with Gasteiger partial charge < -0.3 is 14.7 Å². The average Bonchev–Trinajstić information content (AvgIpc) is 3.24. The van der Waals surface area contributed by atoms with Gasteiger partial charge in [-0.2, -0.15) is 0 Å². The molecule has 4 rings (SSSR count). The summed E-state index contributed by atoms with van der Waals surface area (Å²) in [4.78, 5) is 18.3. The quantitative estimate of drug-likeness (QED) is 0.607. The van der Waals surface area contributed by atoms with Crippen LogP contribution in [0.4, 0.5) is 25.1 Å². The number of hydrogen-bond acceptors (Lipinski definition) is 8. The van der Waals surface area contributed by atoms with Crippen molar-refractivity contribution < 1.29 is 32.5 Å². The van der Waals surface area contributed by atoms with Crippen molar-refractivity contribution in [2.24, 2.45) is 5.92 Å². The van der Waals surface area contributed by atoms with Crippen molar-refractivity contribution in [1.82, 2.24) is 9.88 Å². The van der Waals surface area contributed by atoms with Gasteiger partial charge in [-0.05, 0) is 50.3 Å². The van der Waals surface area contributed by atoms with Gasteiger partial charge in [-0.25, -0.2) is 27.2 Å². The van der Waals surface area contributed by atoms with Crippen molar-refractivity contribution in [2.75, 3.05) is 35.3 Å². The van der Waals surface area contributed by atoms with Crippen LogP contribution in [-0.2, 0) is 4.74 Å². The van der Waals surface area contributed by atoms with Crippen molar-refractivity contribution >= 4 is 28.6 Å². The van der Waals surface area contributed by atoms with Gasteiger partial charge in [-0.3, -0.25) is 9.11 Å². The lowest BCUT2D eigenvalue weighted by Crippen LogP contribution is -2.47. The number of anilines is 2. The SMILES string of the molecule is CN1c2nc(C3CCN(C(=O)OC(C)(C)C)CC3O)ccc2N(CC2CC2(F)F)S1(O)O. The Balaban J connectivity index is 1.50. The Labute approximate surface area is 187 Å². The lowest BCUT2D eigenvalue weighted by molar-refractivity contribution is -0.00190. The molecule has 0 aromatic carbocycles. The van der Waals surface area contributed by atoms with Crippen molar-refractivity contribution in [3.63, 3.8) is 0 Å². The van der Waals surface area contributed by atoms with E-state index >= 15 is 0 Å². The van der Waals surface area contributed by atoms with E-state index in [0.29, 0.717) is 24.3 Å². The fraction of sp³-hybridized carbons (Fsp3) is 0.700. The zero-order valence-electron chi connectivity index (χ0n) is 18.5. The number of ether oxygens (including phenoxy) is 1. The molecule has 3 heterocycles. The predicted molar refractivity (Wildman–Crippen MR) is 117 cm³/mol. The normalized spacial score (nSPS) is 29.5. The summed E-state index contributed by atoms with van der Waals surface area (Å²) in [7, 11) is -2.03. The minimum atomic E-state index is -3.49. The maximum absolute atomic E-state index is 13.4. The second kappa shape index (κ2) is 7.57. The van der Waals surface area contributed by atoms with Crippen molar-refractivity contribution in [3.8, 4) is 0 Å². The van der Waals surface area contributed by atoms with Crippen molar-refractivity contribution in [3.05, 3.63) is 17.8 Å². The number of carbonyl (C=O) groups is 1. The van der Waals surface area contributed by atoms with Crippen LogP contribution in [0.2, 0.25) is 0 Å². The molecule has 1 saturated carbocycles. The number of piperidine rings is 1. The van der Waals surface area contributed by atoms with Crippen LogP contribution in [0.1, 0.15) is 45.2 Å². The van der Waals surface area contributed by atoms with Gasteiger partial charge in [0.15, 0.2) is 5.82 Å². The maximum atomic E-state index is 13.4. The van der Waals surface area contributed by atoms with E-state index in [-0.39, 0.29) is 31.2 Å². The van der Waals surface area contributed by atoms with E-state index in [0.717, 1.165) is 0 Å². The summed E-state index contributed by atoms with van der Waals surface area (Å²) < 4.78 is 55.9. The number of fused-ring (bicyclic) bond motifs is 1. The molecular formula is C20H30F2N4O5S. The van der Waals surface area contributed by atoms with Crippen LogP contribution in [-0.4, -0.2) is 74.5 Å². The molecule has 12 heteroatoms. The summed E-state index contributed by atoms with van der Waals surface area (Å²) in [6.45, 7) is 5.62. The second-order valence-corrected chi connectivity index (χ2v) is 11.6. The van der Waals surface area contributed by atoms with Crippen LogP contribution in [0.25, 0.3) is 0 Å². The Morgan fingerprint density at radius 2 is 2.00 bits per heavy atom. The van der Waals surface area contributed by atoms with Gasteiger partial charge >= 0.3 is 6.09 Å². The molecule has 1 aromatic rings. The summed E-state index contributed by atoms with van der Waals surface area (Å²) in [5, 5.41) is 10.7. The highest BCUT2D eigenvalue weighted by molar-refractivity contribution is 8.26. The summed E-state index contributed by atoms with van der Waals surface area (Å²) in [5.74, 6) is -3.80. The molecule has 1 saturated heterocycles. The predicted octanol–water partition coefficient (Wildman–Crippen LogP) is 3.66. The first-order valence-electron chi connectivity index (χ1n) is 10.6. The first-order chi connectivity index (χ1) is 14.7. The number of aliphatic hydroxyl groups excluding tert-OH is 1. The zero-order valence-corrected chi connectivity index (χ0v) is 19.3. The molecule has 32 heavy (non-hydrogen) atoms. The Bertz CT molecular complexity index is 912. The highest BCUT2D eigenvalue weighted by atomic mass is 32.3. The van der Waals surface area contributed by atoms with Gasteiger partial charge in [-0.1, -0.05) is 0 Å². The number of alkyl halides is 2. The molecule has 180 valence electrons. The molecule has 0 radical (unpaired) electrons. The van der Waals surface area contributed by atoms with Gasteiger partial charge in [-0.15, -0.1) is 0 Å². The lowest BCUT2D eigenvalue weighted by Gasteiger charge is -2.41. The van der Waals surface area contributed by atoms with Crippen molar-refractivity contribution in [2.45, 2.75) is 57.2 Å². The molecular weight excluding hydrogens is 446 g/mol. The summed E-state index contributed by atoms with van der Waals surface area (Å²) in [6.07, 6.45) is -1.19. The van der Waals surface area contributed by atoms with E-state index < -0.39 is 40.6 Å². The number of aliphatic hydroxyl groups is 1. The fourth-order valence-corrected chi connectivity index (χ4v) is 5.57. The molecule has 2 fully saturated rings. The fourth-order valence-electron chi connectivity index (χ4n) is 4.12. The molecule has 3 N–H and O–H groups in total. The molecule has 9 nitrogen and oxygen atoms in total. The molecule has 0 bridgehead atoms. The van der Waals surface area contributed by atoms with Crippen LogP contribution < -0.4 is 8.61 Å². The summed E-state index contributed by atoms with van der Waals surface area (Å²) >= 11 is 0. The third-order valence-corrected chi connectivity index (χ3v) is 7.91. The molecule has 0 spiro atoms. The smallest absolute Gasteiger partial charge is 0.410 e. The largest absolute Gasteiger partial charge is 0.444 e. The van der Waals surface area contributed by atoms with Crippen LogP contribution in [0.5, 0.6) is 0 Å². The number of pyridine rings is 1. The molecule has 1 amide bonds. The first-order valence-corrected chi connectivity index (χ1v) is 12.0. The van der Waals surface area contributed by atoms with E-state index in [9.17, 15) is 27.8 Å². The minimum Gasteiger partial charge on any atom is -0.444 e. The number of nitrogens with zero attached hydrogens (tertiary/aromatic N) is 4. The first kappa shape index (κ1) is 23.3. The number of aromatic nitrogens is 1. The monoisotopic (exact) mass is 476 g/mol. The number of hydrogen-bond donors (Lipinski definition) is 3. The van der Waals surface area contributed by atoms with E-state index in [1.807, 2.05) is 0 Å². The van der Waals surface area contributed by atoms with Gasteiger partial charge in [0.2, 0.25) is 0 Å². The van der Waals surface area contributed by atoms with E-state index in [4.69, 9.17) is 4.74 Å². The summed E-state index contributed by atoms with van der Waals surface area (Å²) in [6, 6.07) is 3.30. The van der Waals surface area contributed by atoms with E-state index in [1.165, 1.54) is 20.6 Å². The van der Waals surface area contributed by atoms with Crippen molar-refractivity contribution in [1.29, 1.82) is 0 Å². The Morgan fingerprint density at radius 3 is 2.56 bits per heavy atom. The minimum absolute atomic E-state index is 0.0895. The standard InChI is InChI=1S/C20H30F2N4O5S/c1-19(2,3)31-18(28)25-8-7-13(16(27)11-25)14-5-6-15-17(23-14)24(4)32(29,30)26(15)10-12-9-20(12,21)22/h5-6,12-13,16,27,29-30H,7-11H2,1-4H3. The molecule has 2 aliphatic heterocycles. The molecule has 3 aliphatic rings. The zero-order chi connectivity index (χ0) is 23.6. The van der Waals surface area contributed by atoms with Gasteiger partial charge in [0.05, 0.1) is 12.6 Å². The highest BCUT2D eigenvalue weighted by Crippen LogP contribution is 2.62. The van der Waals surface area contributed by atoms with Gasteiger partial charge in [0, 0.05) is 44.1 Å². The Morgan fingerprint density at radius 1 is 1.34 bits per heavy atom. The number of likely N-dealkylation sites (tertiary alicyclic amines) is 1. The van der Waals surface area contributed by atoms with Crippen LogP contribution in [0, 0.1) is 5.92 Å². The van der Waals surface area contributed by atoms with E-state index in [2.05, 4.69) is 4.98 Å². The molecule has 3 atom stereocenters. The number of β-amino-alcohol motifs (C(OH)–C–C–N with tert-alkyl or cyclic N) is 1. The average molecular weight is 477 g/mol. The molecule has 1 aromatic heterocycles. The number of halogens is 2. The topological polar surface area (TPSA) is 110 Å². The number of rotatable bonds is 3. The summed E-state index contributed by atoms with van der Waals surface area (Å²) in [5.41, 5.74) is 0.283. The number of carbonyl (C=O) groups excluding carboxylic acids is 1. The third kappa shape index (κ3) is 4.20. The van der Waals surface area contributed by atoms with E-state index in [1.54, 1.807) is 32.9 Å². The van der Waals surface area contributed by atoms with Crippen LogP contribution >= 0.6 is 11.0 Å². The molecule has 3 unspecified atom stereocenters.